The molecule has 5 rings (SSSR count). The zero-order valence-corrected chi connectivity index (χ0v) is 16.8. The van der Waals surface area contributed by atoms with Gasteiger partial charge in [0.2, 0.25) is 11.7 Å². The fourth-order valence-electron chi connectivity index (χ4n) is 3.94. The highest BCUT2D eigenvalue weighted by Gasteiger charge is 2.22. The average Bonchev–Trinajstić information content (AvgIpc) is 3.34. The topological polar surface area (TPSA) is 80.3 Å². The summed E-state index contributed by atoms with van der Waals surface area (Å²) in [6.45, 7) is 5.28. The summed E-state index contributed by atoms with van der Waals surface area (Å²) in [6, 6.07) is 14.3. The molecule has 8 nitrogen and oxygen atoms in total. The van der Waals surface area contributed by atoms with E-state index >= 15 is 0 Å². The maximum atomic E-state index is 11.2. The number of imidazole rings is 1. The van der Waals surface area contributed by atoms with Crippen LogP contribution < -0.4 is 5.32 Å². The molecule has 152 valence electrons. The molecule has 0 radical (unpaired) electrons. The van der Waals surface area contributed by atoms with Crippen LogP contribution in [0.3, 0.4) is 0 Å². The number of carbonyl (C=O) groups excluding carboxylic acids is 1. The summed E-state index contributed by atoms with van der Waals surface area (Å²) in [5.74, 6) is 0.670. The van der Waals surface area contributed by atoms with E-state index in [9.17, 15) is 4.79 Å². The van der Waals surface area contributed by atoms with Crippen LogP contribution in [-0.4, -0.2) is 41.5 Å². The molecule has 8 heteroatoms. The molecule has 0 bridgehead atoms. The zero-order chi connectivity index (χ0) is 20.5. The minimum atomic E-state index is -0.0442. The van der Waals surface area contributed by atoms with Gasteiger partial charge >= 0.3 is 0 Å². The summed E-state index contributed by atoms with van der Waals surface area (Å²) >= 11 is 0. The first-order valence-electron chi connectivity index (χ1n) is 10.1. The lowest BCUT2D eigenvalue weighted by Crippen LogP contribution is -2.33. The van der Waals surface area contributed by atoms with Gasteiger partial charge in [0.1, 0.15) is 0 Å². The Hall–Kier alpha value is -3.52. The highest BCUT2D eigenvalue weighted by Crippen LogP contribution is 2.26. The van der Waals surface area contributed by atoms with Crippen molar-refractivity contribution < 1.29 is 4.79 Å². The number of nitrogens with one attached hydrogen (secondary N) is 1. The maximum absolute atomic E-state index is 11.2. The monoisotopic (exact) mass is 401 g/mol. The molecule has 1 aliphatic heterocycles. The van der Waals surface area contributed by atoms with Crippen LogP contribution >= 0.6 is 0 Å². The van der Waals surface area contributed by atoms with Crippen molar-refractivity contribution in [2.75, 3.05) is 6.54 Å². The molecule has 0 unspecified atom stereocenters. The number of hydrogen-bond acceptors (Lipinski definition) is 5. The lowest BCUT2D eigenvalue weighted by Gasteiger charge is -2.27. The molecule has 0 spiro atoms. The van der Waals surface area contributed by atoms with Gasteiger partial charge in [-0.3, -0.25) is 18.8 Å². The average molecular weight is 401 g/mol. The predicted molar refractivity (Wildman–Crippen MR) is 112 cm³/mol. The standard InChI is InChI=1S/C22H23N7O/c1-16(30)24-13-18-12-19-14-27(10-11-29(19)26-18)15-20-21(17-6-3-2-4-7-17)25-22-23-8-5-9-28(20)22/h2-9,12H,10-11,13-15H2,1H3,(H,24,30). The third-order valence-corrected chi connectivity index (χ3v) is 5.37. The van der Waals surface area contributed by atoms with Gasteiger partial charge in [-0.05, 0) is 12.1 Å². The molecule has 30 heavy (non-hydrogen) atoms. The van der Waals surface area contributed by atoms with Gasteiger partial charge < -0.3 is 5.32 Å². The summed E-state index contributed by atoms with van der Waals surface area (Å²) < 4.78 is 4.12. The summed E-state index contributed by atoms with van der Waals surface area (Å²) in [5, 5.41) is 7.43. The Labute approximate surface area is 174 Å². The van der Waals surface area contributed by atoms with E-state index in [4.69, 9.17) is 4.98 Å². The number of rotatable bonds is 5. The van der Waals surface area contributed by atoms with Gasteiger partial charge in [-0.1, -0.05) is 30.3 Å². The first kappa shape index (κ1) is 18.5. The van der Waals surface area contributed by atoms with Crippen LogP contribution in [0.2, 0.25) is 0 Å². The van der Waals surface area contributed by atoms with Crippen molar-refractivity contribution in [2.24, 2.45) is 0 Å². The lowest BCUT2D eigenvalue weighted by molar-refractivity contribution is -0.119. The Balaban J connectivity index is 1.42. The molecule has 0 saturated heterocycles. The normalized spacial score (nSPS) is 14.0. The number of nitrogens with zero attached hydrogens (tertiary/aromatic N) is 6. The minimum Gasteiger partial charge on any atom is -0.351 e. The Morgan fingerprint density at radius 3 is 2.87 bits per heavy atom. The Bertz CT molecular complexity index is 1190. The van der Waals surface area contributed by atoms with Crippen LogP contribution in [0.5, 0.6) is 0 Å². The van der Waals surface area contributed by atoms with E-state index < -0.39 is 0 Å². The van der Waals surface area contributed by atoms with Crippen molar-refractivity contribution >= 4 is 11.7 Å². The van der Waals surface area contributed by atoms with Crippen molar-refractivity contribution in [1.29, 1.82) is 0 Å². The second-order valence-electron chi connectivity index (χ2n) is 7.53. The van der Waals surface area contributed by atoms with E-state index in [0.29, 0.717) is 12.3 Å². The van der Waals surface area contributed by atoms with Gasteiger partial charge in [0, 0.05) is 44.5 Å². The zero-order valence-electron chi connectivity index (χ0n) is 16.8. The van der Waals surface area contributed by atoms with Gasteiger partial charge in [-0.15, -0.1) is 0 Å². The van der Waals surface area contributed by atoms with Crippen molar-refractivity contribution in [3.8, 4) is 11.3 Å². The van der Waals surface area contributed by atoms with E-state index in [2.05, 4.69) is 42.9 Å². The largest absolute Gasteiger partial charge is 0.351 e. The summed E-state index contributed by atoms with van der Waals surface area (Å²) in [7, 11) is 0. The number of amides is 1. The van der Waals surface area contributed by atoms with Crippen LogP contribution in [0, 0.1) is 0 Å². The molecule has 4 heterocycles. The smallest absolute Gasteiger partial charge is 0.234 e. The third kappa shape index (κ3) is 3.57. The fraction of sp³-hybridized carbons (Fsp3) is 0.273. The van der Waals surface area contributed by atoms with Crippen molar-refractivity contribution in [2.45, 2.75) is 33.1 Å². The Kier molecular flexibility index (Phi) is 4.76. The van der Waals surface area contributed by atoms with Gasteiger partial charge in [0.15, 0.2) is 0 Å². The van der Waals surface area contributed by atoms with Gasteiger partial charge in [0.25, 0.3) is 0 Å². The van der Waals surface area contributed by atoms with Crippen LogP contribution in [0.1, 0.15) is 24.0 Å². The molecule has 1 aromatic carbocycles. The minimum absolute atomic E-state index is 0.0442. The molecule has 1 amide bonds. The number of aromatic nitrogens is 5. The SMILES string of the molecule is CC(=O)NCc1cc2n(n1)CCN(Cc1c(-c3ccccc3)nc3ncccn13)C2. The second kappa shape index (κ2) is 7.72. The van der Waals surface area contributed by atoms with E-state index in [1.165, 1.54) is 6.92 Å². The van der Waals surface area contributed by atoms with E-state index in [1.54, 1.807) is 6.20 Å². The number of benzene rings is 1. The molecule has 0 fully saturated rings. The summed E-state index contributed by atoms with van der Waals surface area (Å²) in [6.07, 6.45) is 3.80. The molecule has 3 aromatic heterocycles. The molecule has 0 saturated carbocycles. The van der Waals surface area contributed by atoms with Crippen LogP contribution in [0.25, 0.3) is 17.0 Å². The molecular formula is C22H23N7O. The van der Waals surface area contributed by atoms with Crippen LogP contribution in [-0.2, 0) is 31.0 Å². The predicted octanol–water partition coefficient (Wildman–Crippen LogP) is 2.24. The second-order valence-corrected chi connectivity index (χ2v) is 7.53. The van der Waals surface area contributed by atoms with Crippen molar-refractivity contribution in [3.05, 3.63) is 71.9 Å². The molecule has 0 atom stereocenters. The highest BCUT2D eigenvalue weighted by molar-refractivity contribution is 5.72. The van der Waals surface area contributed by atoms with E-state index in [0.717, 1.165) is 54.5 Å². The summed E-state index contributed by atoms with van der Waals surface area (Å²) in [5.41, 5.74) is 5.26. The van der Waals surface area contributed by atoms with Crippen LogP contribution in [0.4, 0.5) is 0 Å². The number of hydrogen-bond donors (Lipinski definition) is 1. The summed E-state index contributed by atoms with van der Waals surface area (Å²) in [4.78, 5) is 22.8. The highest BCUT2D eigenvalue weighted by atomic mass is 16.1. The van der Waals surface area contributed by atoms with Crippen molar-refractivity contribution in [3.63, 3.8) is 0 Å². The Morgan fingerprint density at radius 1 is 1.17 bits per heavy atom. The molecule has 1 aliphatic rings. The van der Waals surface area contributed by atoms with E-state index in [1.807, 2.05) is 35.1 Å². The first-order valence-corrected chi connectivity index (χ1v) is 10.1. The maximum Gasteiger partial charge on any atom is 0.234 e. The molecule has 4 aromatic rings. The lowest BCUT2D eigenvalue weighted by atomic mass is 10.1. The van der Waals surface area contributed by atoms with Gasteiger partial charge in [0.05, 0.1) is 35.9 Å². The van der Waals surface area contributed by atoms with Crippen molar-refractivity contribution in [1.82, 2.24) is 34.4 Å². The van der Waals surface area contributed by atoms with Crippen LogP contribution in [0.15, 0.2) is 54.9 Å². The third-order valence-electron chi connectivity index (χ3n) is 5.37. The van der Waals surface area contributed by atoms with Gasteiger partial charge in [-0.2, -0.15) is 5.10 Å². The quantitative estimate of drug-likeness (QED) is 0.555. The number of fused-ring (bicyclic) bond motifs is 2. The molecular weight excluding hydrogens is 378 g/mol. The van der Waals surface area contributed by atoms with Gasteiger partial charge in [-0.25, -0.2) is 9.97 Å². The fourth-order valence-corrected chi connectivity index (χ4v) is 3.94. The first-order chi connectivity index (χ1) is 14.7. The molecule has 0 aliphatic carbocycles. The molecule has 1 N–H and O–H groups in total. The Morgan fingerprint density at radius 2 is 2.03 bits per heavy atom. The number of carbonyl (C=O) groups is 1. The van der Waals surface area contributed by atoms with E-state index in [-0.39, 0.29) is 5.91 Å².